The van der Waals surface area contributed by atoms with Gasteiger partial charge in [0.15, 0.2) is 0 Å². The predicted molar refractivity (Wildman–Crippen MR) is 99.1 cm³/mol. The van der Waals surface area contributed by atoms with Gasteiger partial charge < -0.3 is 22.2 Å². The van der Waals surface area contributed by atoms with Gasteiger partial charge in [0.2, 0.25) is 9.84 Å². The SMILES string of the molecule is N/C=c1/c(S(=O)(=O)c2ccccc2)c(N)[nH]/c1=C(/N)C1=CCCCC1. The summed E-state index contributed by atoms with van der Waals surface area (Å²) in [5.41, 5.74) is 19.6. The number of aromatic amines is 1. The molecule has 25 heavy (non-hydrogen) atoms. The number of nitrogens with one attached hydrogen (secondary N) is 1. The average Bonchev–Trinajstić information content (AvgIpc) is 2.99. The highest BCUT2D eigenvalue weighted by Gasteiger charge is 2.25. The molecule has 1 aliphatic rings. The average molecular weight is 358 g/mol. The largest absolute Gasteiger partial charge is 0.404 e. The Hall–Kier alpha value is -2.67. The number of anilines is 1. The molecule has 0 atom stereocenters. The third kappa shape index (κ3) is 3.02. The number of hydrogen-bond acceptors (Lipinski definition) is 5. The Bertz CT molecular complexity index is 1030. The molecule has 0 amide bonds. The fourth-order valence-electron chi connectivity index (χ4n) is 3.14. The lowest BCUT2D eigenvalue weighted by molar-refractivity contribution is 0.596. The molecule has 0 fully saturated rings. The maximum Gasteiger partial charge on any atom is 0.210 e. The number of rotatable bonds is 3. The molecule has 6 nitrogen and oxygen atoms in total. The van der Waals surface area contributed by atoms with E-state index >= 15 is 0 Å². The summed E-state index contributed by atoms with van der Waals surface area (Å²) in [6.07, 6.45) is 7.33. The number of H-pyrrole nitrogens is 1. The lowest BCUT2D eigenvalue weighted by atomic mass is 9.97. The van der Waals surface area contributed by atoms with Crippen LogP contribution in [-0.4, -0.2) is 13.4 Å². The quantitative estimate of drug-likeness (QED) is 0.642. The van der Waals surface area contributed by atoms with Gasteiger partial charge in [0.05, 0.1) is 15.9 Å². The molecule has 132 valence electrons. The highest BCUT2D eigenvalue weighted by molar-refractivity contribution is 7.91. The summed E-state index contributed by atoms with van der Waals surface area (Å²) in [7, 11) is -3.81. The fourth-order valence-corrected chi connectivity index (χ4v) is 4.69. The molecule has 0 radical (unpaired) electrons. The van der Waals surface area contributed by atoms with E-state index in [-0.39, 0.29) is 15.6 Å². The van der Waals surface area contributed by atoms with Crippen molar-refractivity contribution in [1.29, 1.82) is 0 Å². The summed E-state index contributed by atoms with van der Waals surface area (Å²) in [5, 5.41) is 0.771. The molecule has 7 N–H and O–H groups in total. The summed E-state index contributed by atoms with van der Waals surface area (Å²) >= 11 is 0. The van der Waals surface area contributed by atoms with E-state index in [0.717, 1.165) is 31.3 Å². The second-order valence-electron chi connectivity index (χ2n) is 6.03. The van der Waals surface area contributed by atoms with Crippen molar-refractivity contribution in [2.75, 3.05) is 5.73 Å². The first kappa shape index (κ1) is 17.2. The van der Waals surface area contributed by atoms with Gasteiger partial charge in [0.25, 0.3) is 0 Å². The predicted octanol–water partition coefficient (Wildman–Crippen LogP) is 0.694. The minimum Gasteiger partial charge on any atom is -0.404 e. The molecule has 1 aromatic carbocycles. The van der Waals surface area contributed by atoms with Crippen LogP contribution in [0.3, 0.4) is 0 Å². The molecule has 0 unspecified atom stereocenters. The first-order chi connectivity index (χ1) is 12.0. The Morgan fingerprint density at radius 2 is 1.88 bits per heavy atom. The number of hydrogen-bond donors (Lipinski definition) is 4. The maximum absolute atomic E-state index is 13.0. The van der Waals surface area contributed by atoms with Gasteiger partial charge in [-0.05, 0) is 43.4 Å². The smallest absolute Gasteiger partial charge is 0.210 e. The lowest BCUT2D eigenvalue weighted by Crippen LogP contribution is -2.33. The van der Waals surface area contributed by atoms with Gasteiger partial charge in [-0.25, -0.2) is 8.42 Å². The van der Waals surface area contributed by atoms with Crippen molar-refractivity contribution in [3.05, 3.63) is 52.5 Å². The highest BCUT2D eigenvalue weighted by atomic mass is 32.2. The number of nitrogen functional groups attached to an aromatic ring is 1. The number of allylic oxidation sites excluding steroid dienone is 1. The zero-order valence-electron chi connectivity index (χ0n) is 13.8. The summed E-state index contributed by atoms with van der Waals surface area (Å²) in [6, 6.07) is 8.13. The second kappa shape index (κ2) is 6.68. The molecule has 2 aromatic rings. The van der Waals surface area contributed by atoms with Crippen molar-refractivity contribution >= 4 is 27.6 Å². The Morgan fingerprint density at radius 1 is 1.16 bits per heavy atom. The van der Waals surface area contributed by atoms with E-state index in [0.29, 0.717) is 16.3 Å². The molecule has 0 spiro atoms. The molecular weight excluding hydrogens is 336 g/mol. The molecule has 0 aliphatic heterocycles. The van der Waals surface area contributed by atoms with E-state index in [1.54, 1.807) is 18.2 Å². The fraction of sp³-hybridized carbons (Fsp3) is 0.222. The third-order valence-electron chi connectivity index (χ3n) is 4.41. The Balaban J connectivity index is 2.29. The number of aromatic nitrogens is 1. The standard InChI is InChI=1S/C18H22N4O2S/c19-11-14-16(15(20)12-7-3-1-4-8-12)22-18(21)17(14)25(23,24)13-9-5-2-6-10-13/h2,5-7,9-11,22H,1,3-4,8,19-21H2/b14-11+,16-15+. The van der Waals surface area contributed by atoms with Crippen LogP contribution in [0.4, 0.5) is 5.82 Å². The van der Waals surface area contributed by atoms with Crippen LogP contribution < -0.4 is 27.8 Å². The van der Waals surface area contributed by atoms with Crippen LogP contribution in [0.5, 0.6) is 0 Å². The maximum atomic E-state index is 13.0. The minimum absolute atomic E-state index is 0.0319. The minimum atomic E-state index is -3.81. The van der Waals surface area contributed by atoms with Crippen LogP contribution in [0.25, 0.3) is 11.9 Å². The topological polar surface area (TPSA) is 128 Å². The first-order valence-corrected chi connectivity index (χ1v) is 9.64. The molecular formula is C18H22N4O2S. The molecule has 1 heterocycles. The van der Waals surface area contributed by atoms with Crippen LogP contribution in [0.15, 0.2) is 51.8 Å². The summed E-state index contributed by atoms with van der Waals surface area (Å²) in [5.74, 6) is 0.0370. The number of sulfone groups is 1. The van der Waals surface area contributed by atoms with Crippen LogP contribution in [0, 0.1) is 0 Å². The highest BCUT2D eigenvalue weighted by Crippen LogP contribution is 2.23. The second-order valence-corrected chi connectivity index (χ2v) is 7.91. The van der Waals surface area contributed by atoms with E-state index < -0.39 is 9.84 Å². The van der Waals surface area contributed by atoms with Crippen LogP contribution in [0.1, 0.15) is 25.7 Å². The van der Waals surface area contributed by atoms with Crippen LogP contribution >= 0.6 is 0 Å². The van der Waals surface area contributed by atoms with Gasteiger partial charge in [-0.3, -0.25) is 0 Å². The van der Waals surface area contributed by atoms with Crippen molar-refractivity contribution in [3.8, 4) is 0 Å². The number of benzene rings is 1. The molecule has 0 saturated heterocycles. The van der Waals surface area contributed by atoms with E-state index in [2.05, 4.69) is 11.1 Å². The van der Waals surface area contributed by atoms with Crippen LogP contribution in [-0.2, 0) is 9.84 Å². The first-order valence-electron chi connectivity index (χ1n) is 8.15. The van der Waals surface area contributed by atoms with Gasteiger partial charge in [0.1, 0.15) is 10.7 Å². The van der Waals surface area contributed by atoms with E-state index in [1.165, 1.54) is 18.3 Å². The zero-order chi connectivity index (χ0) is 18.0. The van der Waals surface area contributed by atoms with E-state index in [4.69, 9.17) is 17.2 Å². The Kier molecular flexibility index (Phi) is 4.59. The Labute approximate surface area is 146 Å². The van der Waals surface area contributed by atoms with Crippen LogP contribution in [0.2, 0.25) is 0 Å². The monoisotopic (exact) mass is 358 g/mol. The Morgan fingerprint density at radius 3 is 2.48 bits per heavy atom. The van der Waals surface area contributed by atoms with Gasteiger partial charge in [-0.1, -0.05) is 24.3 Å². The third-order valence-corrected chi connectivity index (χ3v) is 6.28. The van der Waals surface area contributed by atoms with Crippen molar-refractivity contribution in [2.45, 2.75) is 35.5 Å². The van der Waals surface area contributed by atoms with E-state index in [9.17, 15) is 8.42 Å². The van der Waals surface area contributed by atoms with Crippen molar-refractivity contribution in [1.82, 2.24) is 4.98 Å². The van der Waals surface area contributed by atoms with Gasteiger partial charge in [-0.15, -0.1) is 0 Å². The summed E-state index contributed by atoms with van der Waals surface area (Å²) < 4.78 is 26.0. The molecule has 0 bridgehead atoms. The number of nitrogens with two attached hydrogens (primary N) is 3. The van der Waals surface area contributed by atoms with Crippen molar-refractivity contribution in [2.24, 2.45) is 11.5 Å². The van der Waals surface area contributed by atoms with Crippen molar-refractivity contribution < 1.29 is 8.42 Å². The normalized spacial score (nSPS) is 17.3. The van der Waals surface area contributed by atoms with E-state index in [1.807, 2.05) is 0 Å². The van der Waals surface area contributed by atoms with Gasteiger partial charge in [-0.2, -0.15) is 0 Å². The molecule has 1 aromatic heterocycles. The summed E-state index contributed by atoms with van der Waals surface area (Å²) in [4.78, 5) is 3.05. The molecule has 0 saturated carbocycles. The molecule has 1 aliphatic carbocycles. The molecule has 3 rings (SSSR count). The molecule has 7 heteroatoms. The lowest BCUT2D eigenvalue weighted by Gasteiger charge is -2.12. The summed E-state index contributed by atoms with van der Waals surface area (Å²) in [6.45, 7) is 0. The van der Waals surface area contributed by atoms with Gasteiger partial charge >= 0.3 is 0 Å². The van der Waals surface area contributed by atoms with Crippen molar-refractivity contribution in [3.63, 3.8) is 0 Å². The van der Waals surface area contributed by atoms with Gasteiger partial charge in [0, 0.05) is 11.4 Å². The zero-order valence-corrected chi connectivity index (χ0v) is 14.6.